The monoisotopic (exact) mass is 250 g/mol. The van der Waals surface area contributed by atoms with E-state index in [9.17, 15) is 10.2 Å². The Labute approximate surface area is 107 Å². The Kier molecular flexibility index (Phi) is 6.06. The summed E-state index contributed by atoms with van der Waals surface area (Å²) in [6.45, 7) is 1.71. The molecule has 0 saturated carbocycles. The number of aliphatic hydroxyl groups excluding tert-OH is 2. The maximum absolute atomic E-state index is 9.64. The van der Waals surface area contributed by atoms with Crippen LogP contribution in [-0.4, -0.2) is 36.1 Å². The van der Waals surface area contributed by atoms with Gasteiger partial charge >= 0.3 is 0 Å². The van der Waals surface area contributed by atoms with Crippen LogP contribution in [0, 0.1) is 11.8 Å². The fraction of sp³-hybridized carbons (Fsp3) is 0.429. The minimum absolute atomic E-state index is 0.0267. The summed E-state index contributed by atoms with van der Waals surface area (Å²) >= 11 is 0. The van der Waals surface area contributed by atoms with E-state index < -0.39 is 12.2 Å². The third-order valence-corrected chi connectivity index (χ3v) is 2.41. The third-order valence-electron chi connectivity index (χ3n) is 2.41. The van der Waals surface area contributed by atoms with Gasteiger partial charge in [-0.15, -0.1) is 11.8 Å². The van der Waals surface area contributed by atoms with Gasteiger partial charge in [0.25, 0.3) is 0 Å². The Morgan fingerprint density at radius 2 is 1.72 bits per heavy atom. The summed E-state index contributed by atoms with van der Waals surface area (Å²) in [6.07, 6.45) is -1.60. The van der Waals surface area contributed by atoms with E-state index in [2.05, 4.69) is 11.8 Å². The maximum Gasteiger partial charge on any atom is 0.119 e. The molecule has 2 N–H and O–H groups in total. The fourth-order valence-electron chi connectivity index (χ4n) is 1.31. The van der Waals surface area contributed by atoms with Crippen molar-refractivity contribution in [2.45, 2.75) is 25.6 Å². The van der Waals surface area contributed by atoms with Gasteiger partial charge in [0.2, 0.25) is 0 Å². The van der Waals surface area contributed by atoms with Crippen LogP contribution in [0.2, 0.25) is 0 Å². The average Bonchev–Trinajstić information content (AvgIpc) is 2.42. The molecule has 98 valence electrons. The van der Waals surface area contributed by atoms with Crippen molar-refractivity contribution in [1.82, 2.24) is 0 Å². The first-order valence-electron chi connectivity index (χ1n) is 5.70. The van der Waals surface area contributed by atoms with Crippen molar-refractivity contribution in [1.29, 1.82) is 0 Å². The molecule has 0 aliphatic heterocycles. The lowest BCUT2D eigenvalue weighted by molar-refractivity contribution is -0.00472. The van der Waals surface area contributed by atoms with Crippen LogP contribution < -0.4 is 9.47 Å². The van der Waals surface area contributed by atoms with Gasteiger partial charge in [0.05, 0.1) is 13.2 Å². The number of methoxy groups -OCH3 is 1. The summed E-state index contributed by atoms with van der Waals surface area (Å²) in [5, 5.41) is 19.2. The topological polar surface area (TPSA) is 58.9 Å². The van der Waals surface area contributed by atoms with Gasteiger partial charge in [-0.05, 0) is 31.2 Å². The molecule has 0 heterocycles. The SMILES string of the molecule is CC#CC[C@@H](O)[C@H](O)COc1ccc(OC)cc1. The molecule has 4 nitrogen and oxygen atoms in total. The van der Waals surface area contributed by atoms with Gasteiger partial charge in [-0.2, -0.15) is 0 Å². The van der Waals surface area contributed by atoms with Crippen LogP contribution in [0.4, 0.5) is 0 Å². The Morgan fingerprint density at radius 1 is 1.11 bits per heavy atom. The quantitative estimate of drug-likeness (QED) is 0.745. The largest absolute Gasteiger partial charge is 0.497 e. The molecule has 2 atom stereocenters. The first kappa shape index (κ1) is 14.4. The highest BCUT2D eigenvalue weighted by Gasteiger charge is 2.15. The summed E-state index contributed by atoms with van der Waals surface area (Å²) in [4.78, 5) is 0. The van der Waals surface area contributed by atoms with Gasteiger partial charge in [-0.1, -0.05) is 0 Å². The molecular weight excluding hydrogens is 232 g/mol. The number of hydrogen-bond donors (Lipinski definition) is 2. The minimum Gasteiger partial charge on any atom is -0.497 e. The predicted molar refractivity (Wildman–Crippen MR) is 68.6 cm³/mol. The zero-order chi connectivity index (χ0) is 13.4. The summed E-state index contributed by atoms with van der Waals surface area (Å²) in [6, 6.07) is 7.01. The summed E-state index contributed by atoms with van der Waals surface area (Å²) in [5.74, 6) is 6.73. The van der Waals surface area contributed by atoms with Crippen molar-refractivity contribution in [2.24, 2.45) is 0 Å². The number of rotatable bonds is 6. The lowest BCUT2D eigenvalue weighted by atomic mass is 10.1. The molecule has 0 radical (unpaired) electrons. The van der Waals surface area contributed by atoms with Crippen LogP contribution >= 0.6 is 0 Å². The molecule has 0 aliphatic carbocycles. The second-order valence-corrected chi connectivity index (χ2v) is 3.75. The normalized spacial score (nSPS) is 13.1. The van der Waals surface area contributed by atoms with Gasteiger partial charge in [0.15, 0.2) is 0 Å². The van der Waals surface area contributed by atoms with Crippen molar-refractivity contribution in [2.75, 3.05) is 13.7 Å². The van der Waals surface area contributed by atoms with E-state index in [1.807, 2.05) is 0 Å². The molecule has 0 aliphatic rings. The molecule has 0 aromatic heterocycles. The highest BCUT2D eigenvalue weighted by molar-refractivity contribution is 5.31. The van der Waals surface area contributed by atoms with Crippen LogP contribution in [0.5, 0.6) is 11.5 Å². The van der Waals surface area contributed by atoms with E-state index in [0.29, 0.717) is 5.75 Å². The van der Waals surface area contributed by atoms with E-state index in [1.165, 1.54) is 0 Å². The van der Waals surface area contributed by atoms with Crippen molar-refractivity contribution < 1.29 is 19.7 Å². The van der Waals surface area contributed by atoms with Gasteiger partial charge in [-0.3, -0.25) is 0 Å². The van der Waals surface area contributed by atoms with Gasteiger partial charge in [0, 0.05) is 6.42 Å². The fourth-order valence-corrected chi connectivity index (χ4v) is 1.31. The van der Waals surface area contributed by atoms with Gasteiger partial charge < -0.3 is 19.7 Å². The Morgan fingerprint density at radius 3 is 2.28 bits per heavy atom. The molecule has 0 spiro atoms. The molecule has 1 aromatic carbocycles. The highest BCUT2D eigenvalue weighted by Crippen LogP contribution is 2.17. The molecule has 18 heavy (non-hydrogen) atoms. The summed E-state index contributed by atoms with van der Waals surface area (Å²) in [5.41, 5.74) is 0. The Bertz CT molecular complexity index is 402. The molecule has 0 fully saturated rings. The molecule has 1 rings (SSSR count). The number of ether oxygens (including phenoxy) is 2. The van der Waals surface area contributed by atoms with Crippen molar-refractivity contribution >= 4 is 0 Å². The molecule has 0 amide bonds. The lowest BCUT2D eigenvalue weighted by Gasteiger charge is -2.16. The van der Waals surface area contributed by atoms with Crippen LogP contribution in [0.1, 0.15) is 13.3 Å². The van der Waals surface area contributed by atoms with E-state index in [1.54, 1.807) is 38.3 Å². The second-order valence-electron chi connectivity index (χ2n) is 3.75. The van der Waals surface area contributed by atoms with E-state index in [-0.39, 0.29) is 13.0 Å². The zero-order valence-electron chi connectivity index (χ0n) is 10.6. The van der Waals surface area contributed by atoms with Crippen LogP contribution in [-0.2, 0) is 0 Å². The van der Waals surface area contributed by atoms with Gasteiger partial charge in [0.1, 0.15) is 24.2 Å². The van der Waals surface area contributed by atoms with E-state index >= 15 is 0 Å². The molecular formula is C14H18O4. The van der Waals surface area contributed by atoms with Crippen molar-refractivity contribution in [3.8, 4) is 23.3 Å². The molecule has 0 saturated heterocycles. The number of aliphatic hydroxyl groups is 2. The minimum atomic E-state index is -0.951. The molecule has 4 heteroatoms. The van der Waals surface area contributed by atoms with Crippen molar-refractivity contribution in [3.05, 3.63) is 24.3 Å². The highest BCUT2D eigenvalue weighted by atomic mass is 16.5. The van der Waals surface area contributed by atoms with Gasteiger partial charge in [-0.25, -0.2) is 0 Å². The maximum atomic E-state index is 9.64. The van der Waals surface area contributed by atoms with Crippen LogP contribution in [0.15, 0.2) is 24.3 Å². The number of hydrogen-bond acceptors (Lipinski definition) is 4. The average molecular weight is 250 g/mol. The van der Waals surface area contributed by atoms with E-state index in [0.717, 1.165) is 5.75 Å². The zero-order valence-corrected chi connectivity index (χ0v) is 10.6. The third kappa shape index (κ3) is 4.66. The lowest BCUT2D eigenvalue weighted by Crippen LogP contribution is -2.31. The second kappa shape index (κ2) is 7.59. The Balaban J connectivity index is 2.40. The summed E-state index contributed by atoms with van der Waals surface area (Å²) < 4.78 is 10.4. The predicted octanol–water partition coefficient (Wildman–Crippen LogP) is 1.21. The smallest absolute Gasteiger partial charge is 0.119 e. The van der Waals surface area contributed by atoms with Crippen LogP contribution in [0.3, 0.4) is 0 Å². The molecule has 0 bridgehead atoms. The van der Waals surface area contributed by atoms with E-state index in [4.69, 9.17) is 9.47 Å². The van der Waals surface area contributed by atoms with Crippen molar-refractivity contribution in [3.63, 3.8) is 0 Å². The summed E-state index contributed by atoms with van der Waals surface area (Å²) in [7, 11) is 1.59. The molecule has 1 aromatic rings. The number of benzene rings is 1. The molecule has 0 unspecified atom stereocenters. The first-order chi connectivity index (χ1) is 8.67. The Hall–Kier alpha value is -1.70. The first-order valence-corrected chi connectivity index (χ1v) is 5.70. The standard InChI is InChI=1S/C14H18O4/c1-3-4-5-13(15)14(16)10-18-12-8-6-11(17-2)7-9-12/h6-9,13-16H,5,10H2,1-2H3/t13-,14-/m1/s1. The van der Waals surface area contributed by atoms with Crippen LogP contribution in [0.25, 0.3) is 0 Å².